The number of nitrogen functional groups attached to an aromatic ring is 1. The van der Waals surface area contributed by atoms with Crippen molar-refractivity contribution in [1.82, 2.24) is 15.3 Å². The second kappa shape index (κ2) is 6.21. The Balaban J connectivity index is 2.05. The highest BCUT2D eigenvalue weighted by molar-refractivity contribution is 6.32. The third-order valence-electron chi connectivity index (χ3n) is 2.55. The fourth-order valence-corrected chi connectivity index (χ4v) is 1.76. The van der Waals surface area contributed by atoms with Crippen LogP contribution in [0.15, 0.2) is 30.5 Å². The van der Waals surface area contributed by atoms with E-state index in [9.17, 15) is 4.79 Å². The number of nitrogens with one attached hydrogen (secondary N) is 1. The van der Waals surface area contributed by atoms with E-state index in [-0.39, 0.29) is 12.5 Å². The first-order chi connectivity index (χ1) is 9.60. The minimum atomic E-state index is -0.272. The van der Waals surface area contributed by atoms with Crippen molar-refractivity contribution >= 4 is 23.3 Å². The van der Waals surface area contributed by atoms with Gasteiger partial charge in [0.05, 0.1) is 18.7 Å². The normalized spacial score (nSPS) is 10.1. The zero-order chi connectivity index (χ0) is 14.5. The molecule has 2 aromatic rings. The zero-order valence-corrected chi connectivity index (χ0v) is 11.5. The first-order valence-electron chi connectivity index (χ1n) is 5.79. The zero-order valence-electron chi connectivity index (χ0n) is 10.8. The van der Waals surface area contributed by atoms with E-state index in [2.05, 4.69) is 15.3 Å². The summed E-state index contributed by atoms with van der Waals surface area (Å²) in [5, 5.41) is 3.14. The smallest absolute Gasteiger partial charge is 0.251 e. The van der Waals surface area contributed by atoms with Crippen LogP contribution in [0.3, 0.4) is 0 Å². The summed E-state index contributed by atoms with van der Waals surface area (Å²) >= 11 is 5.90. The van der Waals surface area contributed by atoms with Crippen LogP contribution in [-0.2, 0) is 6.54 Å². The molecule has 6 nitrogen and oxygen atoms in total. The van der Waals surface area contributed by atoms with Gasteiger partial charge in [-0.2, -0.15) is 0 Å². The average molecular weight is 293 g/mol. The molecule has 3 N–H and O–H groups in total. The molecule has 0 atom stereocenters. The van der Waals surface area contributed by atoms with Crippen LogP contribution in [0.5, 0.6) is 5.75 Å². The lowest BCUT2D eigenvalue weighted by molar-refractivity contribution is 0.0949. The SMILES string of the molecule is COc1cc(C(=O)NCc2nccc(N)n2)ccc1Cl. The monoisotopic (exact) mass is 292 g/mol. The summed E-state index contributed by atoms with van der Waals surface area (Å²) in [5.41, 5.74) is 5.98. The predicted molar refractivity (Wildman–Crippen MR) is 75.6 cm³/mol. The molecule has 104 valence electrons. The minimum absolute atomic E-state index is 0.189. The van der Waals surface area contributed by atoms with E-state index >= 15 is 0 Å². The van der Waals surface area contributed by atoms with Crippen LogP contribution in [0.2, 0.25) is 5.02 Å². The number of aromatic nitrogens is 2. The number of carbonyl (C=O) groups is 1. The van der Waals surface area contributed by atoms with Gasteiger partial charge in [0.15, 0.2) is 0 Å². The van der Waals surface area contributed by atoms with E-state index in [0.29, 0.717) is 28.0 Å². The molecule has 0 spiro atoms. The highest BCUT2D eigenvalue weighted by Gasteiger charge is 2.09. The van der Waals surface area contributed by atoms with Gasteiger partial charge in [0.25, 0.3) is 5.91 Å². The Morgan fingerprint density at radius 2 is 2.25 bits per heavy atom. The number of carbonyl (C=O) groups excluding carboxylic acids is 1. The molecule has 0 aliphatic carbocycles. The Kier molecular flexibility index (Phi) is 4.37. The molecular weight excluding hydrogens is 280 g/mol. The first-order valence-corrected chi connectivity index (χ1v) is 6.17. The minimum Gasteiger partial charge on any atom is -0.495 e. The van der Waals surface area contributed by atoms with Gasteiger partial charge in [0, 0.05) is 11.8 Å². The maximum Gasteiger partial charge on any atom is 0.251 e. The van der Waals surface area contributed by atoms with Crippen molar-refractivity contribution < 1.29 is 9.53 Å². The molecule has 1 aromatic carbocycles. The van der Waals surface area contributed by atoms with Crippen LogP contribution in [-0.4, -0.2) is 23.0 Å². The predicted octanol–water partition coefficient (Wildman–Crippen LogP) is 1.65. The number of ether oxygens (including phenoxy) is 1. The number of hydrogen-bond donors (Lipinski definition) is 2. The molecular formula is C13H13ClN4O2. The summed E-state index contributed by atoms with van der Waals surface area (Å²) in [6, 6.07) is 6.36. The summed E-state index contributed by atoms with van der Waals surface area (Å²) in [6.45, 7) is 0.189. The molecule has 7 heteroatoms. The maximum absolute atomic E-state index is 12.0. The van der Waals surface area contributed by atoms with E-state index in [1.807, 2.05) is 0 Å². The third kappa shape index (κ3) is 3.36. The molecule has 0 saturated heterocycles. The fraction of sp³-hybridized carbons (Fsp3) is 0.154. The van der Waals surface area contributed by atoms with Gasteiger partial charge >= 0.3 is 0 Å². The quantitative estimate of drug-likeness (QED) is 0.894. The number of rotatable bonds is 4. The van der Waals surface area contributed by atoms with Crippen LogP contribution in [0.1, 0.15) is 16.2 Å². The van der Waals surface area contributed by atoms with Gasteiger partial charge in [-0.15, -0.1) is 0 Å². The lowest BCUT2D eigenvalue weighted by atomic mass is 10.2. The average Bonchev–Trinajstić information content (AvgIpc) is 2.45. The number of methoxy groups -OCH3 is 1. The van der Waals surface area contributed by atoms with Gasteiger partial charge in [0.1, 0.15) is 17.4 Å². The Morgan fingerprint density at radius 1 is 1.45 bits per heavy atom. The van der Waals surface area contributed by atoms with E-state index in [4.69, 9.17) is 22.1 Å². The van der Waals surface area contributed by atoms with E-state index in [0.717, 1.165) is 0 Å². The van der Waals surface area contributed by atoms with Crippen molar-refractivity contribution in [2.45, 2.75) is 6.54 Å². The van der Waals surface area contributed by atoms with E-state index in [1.165, 1.54) is 13.3 Å². The van der Waals surface area contributed by atoms with Crippen molar-refractivity contribution in [2.24, 2.45) is 0 Å². The van der Waals surface area contributed by atoms with Crippen molar-refractivity contribution in [3.8, 4) is 5.75 Å². The van der Waals surface area contributed by atoms with Gasteiger partial charge < -0.3 is 15.8 Å². The van der Waals surface area contributed by atoms with Crippen molar-refractivity contribution in [1.29, 1.82) is 0 Å². The molecule has 0 aliphatic heterocycles. The topological polar surface area (TPSA) is 90.1 Å². The number of anilines is 1. The molecule has 1 amide bonds. The Morgan fingerprint density at radius 3 is 2.95 bits per heavy atom. The van der Waals surface area contributed by atoms with Crippen molar-refractivity contribution in [2.75, 3.05) is 12.8 Å². The number of amides is 1. The lowest BCUT2D eigenvalue weighted by Crippen LogP contribution is -2.24. The second-order valence-electron chi connectivity index (χ2n) is 3.93. The van der Waals surface area contributed by atoms with Gasteiger partial charge in [0.2, 0.25) is 0 Å². The van der Waals surface area contributed by atoms with Crippen LogP contribution >= 0.6 is 11.6 Å². The number of nitrogens with zero attached hydrogens (tertiary/aromatic N) is 2. The van der Waals surface area contributed by atoms with Gasteiger partial charge in [-0.1, -0.05) is 11.6 Å². The Hall–Kier alpha value is -2.34. The molecule has 20 heavy (non-hydrogen) atoms. The molecule has 0 radical (unpaired) electrons. The second-order valence-corrected chi connectivity index (χ2v) is 4.34. The lowest BCUT2D eigenvalue weighted by Gasteiger charge is -2.07. The Bertz CT molecular complexity index is 634. The summed E-state index contributed by atoms with van der Waals surface area (Å²) < 4.78 is 5.06. The molecule has 0 aliphatic rings. The number of hydrogen-bond acceptors (Lipinski definition) is 5. The van der Waals surface area contributed by atoms with Gasteiger partial charge in [-0.25, -0.2) is 9.97 Å². The number of nitrogens with two attached hydrogens (primary N) is 1. The fourth-order valence-electron chi connectivity index (χ4n) is 1.56. The molecule has 0 fully saturated rings. The van der Waals surface area contributed by atoms with Crippen LogP contribution in [0.25, 0.3) is 0 Å². The summed E-state index contributed by atoms with van der Waals surface area (Å²) in [5.74, 6) is 0.974. The third-order valence-corrected chi connectivity index (χ3v) is 2.86. The van der Waals surface area contributed by atoms with E-state index < -0.39 is 0 Å². The molecule has 0 bridgehead atoms. The largest absolute Gasteiger partial charge is 0.495 e. The molecule has 2 rings (SSSR count). The number of benzene rings is 1. The van der Waals surface area contributed by atoms with Crippen LogP contribution in [0, 0.1) is 0 Å². The molecule has 1 aromatic heterocycles. The summed E-state index contributed by atoms with van der Waals surface area (Å²) in [7, 11) is 1.49. The standard InChI is InChI=1S/C13H13ClN4O2/c1-20-10-6-8(2-3-9(10)14)13(19)17-7-12-16-5-4-11(15)18-12/h2-6H,7H2,1H3,(H,17,19)(H2,15,16,18). The first kappa shape index (κ1) is 14.1. The van der Waals surface area contributed by atoms with Gasteiger partial charge in [-0.05, 0) is 24.3 Å². The summed E-state index contributed by atoms with van der Waals surface area (Å²) in [6.07, 6.45) is 1.54. The van der Waals surface area contributed by atoms with E-state index in [1.54, 1.807) is 24.3 Å². The number of halogens is 1. The summed E-state index contributed by atoms with van der Waals surface area (Å²) in [4.78, 5) is 20.0. The Labute approximate surface area is 120 Å². The van der Waals surface area contributed by atoms with Crippen LogP contribution < -0.4 is 15.8 Å². The highest BCUT2D eigenvalue weighted by Crippen LogP contribution is 2.24. The molecule has 1 heterocycles. The van der Waals surface area contributed by atoms with Crippen LogP contribution in [0.4, 0.5) is 5.82 Å². The highest BCUT2D eigenvalue weighted by atomic mass is 35.5. The maximum atomic E-state index is 12.0. The van der Waals surface area contributed by atoms with Crippen molar-refractivity contribution in [3.63, 3.8) is 0 Å². The van der Waals surface area contributed by atoms with Crippen molar-refractivity contribution in [3.05, 3.63) is 46.9 Å². The molecule has 0 unspecified atom stereocenters. The molecule has 0 saturated carbocycles. The van der Waals surface area contributed by atoms with Gasteiger partial charge in [-0.3, -0.25) is 4.79 Å².